The summed E-state index contributed by atoms with van der Waals surface area (Å²) < 4.78 is 0. The summed E-state index contributed by atoms with van der Waals surface area (Å²) in [5, 5.41) is 90.9. The van der Waals surface area contributed by atoms with Crippen LogP contribution in [0.25, 0.3) is 0 Å². The second kappa shape index (κ2) is 60.6. The molecule has 0 saturated carbocycles. The van der Waals surface area contributed by atoms with Crippen LogP contribution in [0.15, 0.2) is 65.7 Å². The first kappa shape index (κ1) is 118. The Morgan fingerprint density at radius 2 is 0.711 bits per heavy atom. The summed E-state index contributed by atoms with van der Waals surface area (Å²) in [5.74, 6) is -24.4. The average Bonchev–Trinajstić information content (AvgIpc) is 0.838. The number of aliphatic carboxylic acids is 3. The number of hydrogen-bond acceptors (Lipinski definition) is 24. The number of nitrogens with one attached hydrogen (secondary N) is 16. The number of primary amides is 1. The first-order chi connectivity index (χ1) is 63.2. The molecule has 0 aliphatic carbocycles. The number of carboxylic acids is 3. The number of aliphatic hydroxyl groups excluding tert-OH is 2. The lowest BCUT2D eigenvalue weighted by Crippen LogP contribution is -2.63. The first-order valence-electron chi connectivity index (χ1n) is 44.9. The van der Waals surface area contributed by atoms with Crippen LogP contribution in [0, 0.1) is 35.5 Å². The van der Waals surface area contributed by atoms with E-state index in [2.05, 4.69) is 90.1 Å². The summed E-state index contributed by atoms with van der Waals surface area (Å²) in [4.78, 5) is 279. The molecule has 0 aromatic heterocycles. The summed E-state index contributed by atoms with van der Waals surface area (Å²) in [5.41, 5.74) is 17.6. The molecule has 754 valence electrons. The Balaban J connectivity index is 2.53. The molecule has 0 spiro atoms. The van der Waals surface area contributed by atoms with Gasteiger partial charge in [-0.25, -0.2) is 4.79 Å². The SMILES string of the molecule is CC[C@H](C)[C@H](NC(=O)[C@@H](NC(=O)[C@H](Cc1ccccc1)NC(=O)[C@H](CC(C)C)NC(=O)[C@H](CO)NC(=O)[C@H](CC(C)C)NC(=O)[C@H](CC(C)C)NC(=O)[C@@H](NC(=O)[C@H](CCCN=C(N)N)NC(=O)[C@H](CC(N)=O)NC(=O)[C@H](C)NC(=O)[C@H](Cc1ccccc1)NC(=O)[C@H](CC(=O)O)NC(C)=O)C(C)C)[C@@H](C)O)C(=O)N[C@@H](CCC(=O)O)C(=O)N[C@@H](CCSC)C(=O)N[C@@H](CC(C)C)C(=O)O. The Labute approximate surface area is 790 Å². The number of amides is 17. The predicted octanol–water partition coefficient (Wildman–Crippen LogP) is -3.37. The summed E-state index contributed by atoms with van der Waals surface area (Å²) in [6.07, 6.45) is -3.87. The van der Waals surface area contributed by atoms with Gasteiger partial charge < -0.3 is 128 Å². The molecule has 17 amide bonds. The molecule has 0 aliphatic rings. The maximum Gasteiger partial charge on any atom is 0.326 e. The molecule has 0 fully saturated rings. The van der Waals surface area contributed by atoms with Gasteiger partial charge in [-0.1, -0.05) is 150 Å². The minimum Gasteiger partial charge on any atom is -0.481 e. The van der Waals surface area contributed by atoms with Gasteiger partial charge in [-0.05, 0) is 124 Å². The van der Waals surface area contributed by atoms with Crippen LogP contribution in [0.1, 0.15) is 192 Å². The van der Waals surface area contributed by atoms with Crippen molar-refractivity contribution in [3.05, 3.63) is 71.8 Å². The van der Waals surface area contributed by atoms with Crippen LogP contribution in [0.5, 0.6) is 0 Å². The van der Waals surface area contributed by atoms with Gasteiger partial charge in [0.2, 0.25) is 100 Å². The fourth-order valence-electron chi connectivity index (χ4n) is 13.7. The zero-order valence-corrected chi connectivity index (χ0v) is 80.4. The highest BCUT2D eigenvalue weighted by Gasteiger charge is 2.42. The highest BCUT2D eigenvalue weighted by molar-refractivity contribution is 7.98. The van der Waals surface area contributed by atoms with E-state index in [0.717, 1.165) is 13.8 Å². The third-order valence-electron chi connectivity index (χ3n) is 21.1. The van der Waals surface area contributed by atoms with E-state index >= 15 is 0 Å². The summed E-state index contributed by atoms with van der Waals surface area (Å²) in [6, 6.07) is -9.10. The highest BCUT2D eigenvalue weighted by Crippen LogP contribution is 2.19. The molecule has 0 unspecified atom stereocenters. The van der Waals surface area contributed by atoms with Crippen molar-refractivity contribution in [2.24, 2.45) is 57.7 Å². The molecule has 0 heterocycles. The average molecular weight is 1920 g/mol. The Kier molecular flexibility index (Phi) is 53.2. The lowest BCUT2D eigenvalue weighted by molar-refractivity contribution is -0.143. The Morgan fingerprint density at radius 1 is 0.370 bits per heavy atom. The zero-order valence-electron chi connectivity index (χ0n) is 79.6. The quantitative estimate of drug-likeness (QED) is 0.0175. The normalized spacial score (nSPS) is 15.3. The molecule has 0 aliphatic heterocycles. The molecule has 46 heteroatoms. The van der Waals surface area contributed by atoms with E-state index in [0.29, 0.717) is 16.9 Å². The number of nitrogens with zero attached hydrogens (tertiary/aromatic N) is 1. The second-order valence-electron chi connectivity index (χ2n) is 35.3. The van der Waals surface area contributed by atoms with Crippen LogP contribution in [0.4, 0.5) is 0 Å². The van der Waals surface area contributed by atoms with E-state index in [1.54, 1.807) is 136 Å². The minimum absolute atomic E-state index is 0.00754. The van der Waals surface area contributed by atoms with Crippen molar-refractivity contribution in [1.82, 2.24) is 85.1 Å². The Hall–Kier alpha value is -12.6. The van der Waals surface area contributed by atoms with Crippen LogP contribution in [-0.4, -0.2) is 278 Å². The van der Waals surface area contributed by atoms with Gasteiger partial charge in [0.15, 0.2) is 5.96 Å². The number of thioether (sulfide) groups is 1. The maximum atomic E-state index is 14.7. The van der Waals surface area contributed by atoms with Crippen LogP contribution in [0.3, 0.4) is 0 Å². The molecule has 0 bridgehead atoms. The number of aliphatic hydroxyl groups is 2. The monoisotopic (exact) mass is 1920 g/mol. The third-order valence-corrected chi connectivity index (χ3v) is 21.7. The van der Waals surface area contributed by atoms with Crippen molar-refractivity contribution in [2.45, 2.75) is 297 Å². The molecule has 45 nitrogen and oxygen atoms in total. The van der Waals surface area contributed by atoms with Crippen molar-refractivity contribution >= 4 is 136 Å². The van der Waals surface area contributed by atoms with E-state index < -0.39 is 271 Å². The third kappa shape index (κ3) is 45.3. The topological polar surface area (TPSA) is 725 Å². The molecule has 2 rings (SSSR count). The van der Waals surface area contributed by atoms with Gasteiger partial charge >= 0.3 is 17.9 Å². The Morgan fingerprint density at radius 3 is 1.12 bits per heavy atom. The van der Waals surface area contributed by atoms with Gasteiger partial charge in [0, 0.05) is 32.7 Å². The van der Waals surface area contributed by atoms with E-state index in [1.807, 2.05) is 0 Å². The van der Waals surface area contributed by atoms with E-state index in [1.165, 1.54) is 32.5 Å². The number of nitrogens with two attached hydrogens (primary N) is 3. The second-order valence-corrected chi connectivity index (χ2v) is 36.3. The highest BCUT2D eigenvalue weighted by atomic mass is 32.2. The zero-order chi connectivity index (χ0) is 102. The first-order valence-corrected chi connectivity index (χ1v) is 46.3. The van der Waals surface area contributed by atoms with Gasteiger partial charge in [0.05, 0.1) is 25.6 Å². The van der Waals surface area contributed by atoms with Crippen LogP contribution >= 0.6 is 11.8 Å². The standard InChI is InChI=1S/C89H142N20O25S/c1-17-49(12)71(86(131)98-56(30-31-68(114)115)74(119)97-57(32-34-135-16)75(120)105-65(88(133)134)38-47(8)9)108-87(132)72(51(14)111)109-83(128)62(40-54-27-22-19-23-28-54)103-78(123)58(35-44(2)3)101-84(129)66(43-110)106-80(125)59(36-45(4)5)100-79(124)60(37-46(6)7)104-85(130)70(48(10)11)107-76(121)55(29-24-33-93-89(91)92)96-81(126)63(41-67(90)113)99-73(118)50(13)94-77(122)61(39-53-25-20-18-21-26-53)102-82(127)64(42-69(116)117)95-52(15)112/h18-23,25-28,44-51,55-66,70-72,110-111H,17,24,29-43H2,1-16H3,(H2,90,113)(H,94,122)(H,95,112)(H,96,126)(H,97,119)(H,98,131)(H,99,118)(H,100,124)(H,101,129)(H,102,127)(H,103,123)(H,104,130)(H,105,120)(H,106,125)(H,107,121)(H,108,132)(H,109,128)(H,114,115)(H,116,117)(H,133,134)(H4,91,92,93)/t49-,50-,51+,55-,56-,57-,58-,59-,60-,61-,62-,63-,64-,65-,66-,70-,71-,72-/m0/s1. The lowest BCUT2D eigenvalue weighted by Gasteiger charge is -2.30. The molecular weight excluding hydrogens is 1780 g/mol. The number of guanidine groups is 1. The summed E-state index contributed by atoms with van der Waals surface area (Å²) in [6.45, 7) is 22.2. The van der Waals surface area contributed by atoms with Gasteiger partial charge in [0.25, 0.3) is 0 Å². The molecule has 18 atom stereocenters. The molecular formula is C89H142N20O25S. The van der Waals surface area contributed by atoms with E-state index in [4.69, 9.17) is 17.2 Å². The molecule has 27 N–H and O–H groups in total. The van der Waals surface area contributed by atoms with Gasteiger partial charge in [-0.2, -0.15) is 11.8 Å². The Bertz CT molecular complexity index is 4330. The minimum atomic E-state index is -1.89. The van der Waals surface area contributed by atoms with Crippen molar-refractivity contribution in [3.8, 4) is 0 Å². The number of carboxylic acid groups (broad SMARTS) is 3. The van der Waals surface area contributed by atoms with Crippen LogP contribution in [0.2, 0.25) is 0 Å². The van der Waals surface area contributed by atoms with Crippen molar-refractivity contribution < 1.29 is 121 Å². The molecule has 0 radical (unpaired) electrons. The fraction of sp³-hybridized carbons (Fsp3) is 0.629. The van der Waals surface area contributed by atoms with Crippen LogP contribution < -0.4 is 102 Å². The van der Waals surface area contributed by atoms with Gasteiger partial charge in [0.1, 0.15) is 96.7 Å². The van der Waals surface area contributed by atoms with E-state index in [-0.39, 0.29) is 94.5 Å². The van der Waals surface area contributed by atoms with Crippen molar-refractivity contribution in [1.29, 1.82) is 0 Å². The maximum absolute atomic E-state index is 14.7. The van der Waals surface area contributed by atoms with Gasteiger partial charge in [-0.15, -0.1) is 0 Å². The molecule has 2 aromatic carbocycles. The van der Waals surface area contributed by atoms with Gasteiger partial charge in [-0.3, -0.25) is 96.1 Å². The number of aliphatic imine (C=N–C) groups is 1. The van der Waals surface area contributed by atoms with Crippen molar-refractivity contribution in [2.75, 3.05) is 25.2 Å². The number of carbonyl (C=O) groups excluding carboxylic acids is 17. The van der Waals surface area contributed by atoms with Crippen LogP contribution in [-0.2, 0) is 109 Å². The number of benzene rings is 2. The number of rotatable bonds is 63. The smallest absolute Gasteiger partial charge is 0.326 e. The lowest BCUT2D eigenvalue weighted by atomic mass is 9.96. The summed E-state index contributed by atoms with van der Waals surface area (Å²) in [7, 11) is 0. The number of hydrogen-bond donors (Lipinski definition) is 24. The molecule has 2 aromatic rings. The number of carbonyl (C=O) groups is 20. The fourth-order valence-corrected chi connectivity index (χ4v) is 14.2. The molecule has 135 heavy (non-hydrogen) atoms. The molecule has 0 saturated heterocycles. The summed E-state index contributed by atoms with van der Waals surface area (Å²) >= 11 is 1.31. The predicted molar refractivity (Wildman–Crippen MR) is 497 cm³/mol. The largest absolute Gasteiger partial charge is 0.481 e. The van der Waals surface area contributed by atoms with E-state index in [9.17, 15) is 121 Å². The van der Waals surface area contributed by atoms with Crippen molar-refractivity contribution in [3.63, 3.8) is 0 Å².